The average molecular weight is 471 g/mol. The third-order valence-corrected chi connectivity index (χ3v) is 5.87. The van der Waals surface area contributed by atoms with E-state index in [1.54, 1.807) is 6.07 Å². The third kappa shape index (κ3) is 3.44. The molecule has 0 aromatic heterocycles. The van der Waals surface area contributed by atoms with Gasteiger partial charge in [0.1, 0.15) is 6.61 Å². The molecule has 2 N–H and O–H groups in total. The molecule has 0 aliphatic heterocycles. The summed E-state index contributed by atoms with van der Waals surface area (Å²) in [5.74, 6) is 0.0244. The highest BCUT2D eigenvalue weighted by Gasteiger charge is 2.29. The van der Waals surface area contributed by atoms with Crippen LogP contribution < -0.4 is 5.32 Å². The molecule has 0 saturated heterocycles. The summed E-state index contributed by atoms with van der Waals surface area (Å²) in [6, 6.07) is 21.9. The molecule has 0 heterocycles. The Labute approximate surface area is 171 Å². The first-order valence-electron chi connectivity index (χ1n) is 8.69. The third-order valence-electron chi connectivity index (χ3n) is 4.86. The van der Waals surface area contributed by atoms with Crippen LogP contribution in [0.5, 0.6) is 0 Å². The Bertz CT molecular complexity index is 957. The van der Waals surface area contributed by atoms with Crippen LogP contribution in [0.15, 0.2) is 66.7 Å². The lowest BCUT2D eigenvalue weighted by molar-refractivity contribution is 0.158. The molecule has 3 aromatic rings. The minimum absolute atomic E-state index is 0.0244. The van der Waals surface area contributed by atoms with Gasteiger partial charge in [0.25, 0.3) is 0 Å². The van der Waals surface area contributed by atoms with Crippen LogP contribution in [0, 0.1) is 3.57 Å². The molecule has 4 nitrogen and oxygen atoms in total. The SMILES string of the molecule is O=C(Nc1cccc(I)c1CO)OCC1c2ccccc2-c2ccccc21. The summed E-state index contributed by atoms with van der Waals surface area (Å²) >= 11 is 2.13. The second-order valence-corrected chi connectivity index (χ2v) is 7.54. The molecule has 0 unspecified atom stereocenters. The van der Waals surface area contributed by atoms with Crippen LogP contribution in [0.25, 0.3) is 11.1 Å². The molecule has 5 heteroatoms. The summed E-state index contributed by atoms with van der Waals surface area (Å²) in [6.07, 6.45) is -0.520. The Morgan fingerprint density at radius 3 is 2.22 bits per heavy atom. The van der Waals surface area contributed by atoms with E-state index in [4.69, 9.17) is 4.74 Å². The number of fused-ring (bicyclic) bond motifs is 3. The Hall–Kier alpha value is -2.38. The summed E-state index contributed by atoms with van der Waals surface area (Å²) in [6.45, 7) is 0.121. The lowest BCUT2D eigenvalue weighted by Crippen LogP contribution is -2.19. The number of carbonyl (C=O) groups is 1. The van der Waals surface area contributed by atoms with Gasteiger partial charge in [-0.2, -0.15) is 0 Å². The van der Waals surface area contributed by atoms with E-state index in [0.717, 1.165) is 3.57 Å². The molecule has 0 bridgehead atoms. The Morgan fingerprint density at radius 1 is 0.963 bits per heavy atom. The Morgan fingerprint density at radius 2 is 1.59 bits per heavy atom. The van der Waals surface area contributed by atoms with Crippen molar-refractivity contribution in [3.8, 4) is 11.1 Å². The smallest absolute Gasteiger partial charge is 0.411 e. The molecule has 3 aromatic carbocycles. The Balaban J connectivity index is 1.51. The molecule has 0 atom stereocenters. The van der Waals surface area contributed by atoms with Gasteiger partial charge in [-0.25, -0.2) is 4.79 Å². The van der Waals surface area contributed by atoms with Crippen molar-refractivity contribution in [2.24, 2.45) is 0 Å². The highest BCUT2D eigenvalue weighted by Crippen LogP contribution is 2.44. The average Bonchev–Trinajstić information content (AvgIpc) is 3.00. The molecule has 4 rings (SSSR count). The molecule has 1 amide bonds. The topological polar surface area (TPSA) is 58.6 Å². The van der Waals surface area contributed by atoms with E-state index in [2.05, 4.69) is 52.2 Å². The number of nitrogens with one attached hydrogen (secondary N) is 1. The van der Waals surface area contributed by atoms with Gasteiger partial charge >= 0.3 is 6.09 Å². The van der Waals surface area contributed by atoms with Crippen LogP contribution in [0.1, 0.15) is 22.6 Å². The standard InChI is InChI=1S/C22H18INO3/c23-20-10-5-11-21(18(20)12-25)24-22(26)27-13-19-16-8-3-1-6-14(16)15-7-2-4-9-17(15)19/h1-11,19,25H,12-13H2,(H,24,26). The number of amides is 1. The maximum atomic E-state index is 12.4. The highest BCUT2D eigenvalue weighted by molar-refractivity contribution is 14.1. The largest absolute Gasteiger partial charge is 0.448 e. The molecule has 0 radical (unpaired) electrons. The van der Waals surface area contributed by atoms with E-state index in [9.17, 15) is 9.90 Å². The predicted molar refractivity (Wildman–Crippen MR) is 114 cm³/mol. The molecule has 1 aliphatic rings. The predicted octanol–water partition coefficient (Wildman–Crippen LogP) is 5.14. The van der Waals surface area contributed by atoms with E-state index in [1.165, 1.54) is 22.3 Å². The van der Waals surface area contributed by atoms with Crippen molar-refractivity contribution in [2.75, 3.05) is 11.9 Å². The van der Waals surface area contributed by atoms with Crippen molar-refractivity contribution in [3.63, 3.8) is 0 Å². The second kappa shape index (κ2) is 7.70. The lowest BCUT2D eigenvalue weighted by Gasteiger charge is -2.15. The van der Waals surface area contributed by atoms with E-state index < -0.39 is 6.09 Å². The number of benzene rings is 3. The summed E-state index contributed by atoms with van der Waals surface area (Å²) in [7, 11) is 0. The van der Waals surface area contributed by atoms with E-state index >= 15 is 0 Å². The molecule has 1 aliphatic carbocycles. The minimum atomic E-state index is -0.520. The molecule has 27 heavy (non-hydrogen) atoms. The van der Waals surface area contributed by atoms with Gasteiger partial charge in [-0.15, -0.1) is 0 Å². The Kier molecular flexibility index (Phi) is 5.13. The normalized spacial score (nSPS) is 12.4. The number of halogens is 1. The van der Waals surface area contributed by atoms with Crippen LogP contribution >= 0.6 is 22.6 Å². The fraction of sp³-hybridized carbons (Fsp3) is 0.136. The molecule has 0 spiro atoms. The molecule has 0 fully saturated rings. The van der Waals surface area contributed by atoms with Crippen LogP contribution in [0.3, 0.4) is 0 Å². The maximum absolute atomic E-state index is 12.4. The summed E-state index contributed by atoms with van der Waals surface area (Å²) < 4.78 is 6.44. The van der Waals surface area contributed by atoms with Gasteiger partial charge in [-0.3, -0.25) is 5.32 Å². The number of hydrogen-bond donors (Lipinski definition) is 2. The minimum Gasteiger partial charge on any atom is -0.448 e. The van der Waals surface area contributed by atoms with Gasteiger partial charge < -0.3 is 9.84 Å². The lowest BCUT2D eigenvalue weighted by atomic mass is 9.98. The second-order valence-electron chi connectivity index (χ2n) is 6.37. The zero-order chi connectivity index (χ0) is 18.8. The molecule has 136 valence electrons. The number of anilines is 1. The van der Waals surface area contributed by atoms with E-state index in [1.807, 2.05) is 36.4 Å². The van der Waals surface area contributed by atoms with Crippen LogP contribution in [0.4, 0.5) is 10.5 Å². The monoisotopic (exact) mass is 471 g/mol. The van der Waals surface area contributed by atoms with E-state index in [0.29, 0.717) is 11.3 Å². The maximum Gasteiger partial charge on any atom is 0.411 e. The zero-order valence-electron chi connectivity index (χ0n) is 14.5. The van der Waals surface area contributed by atoms with Gasteiger partial charge in [0.2, 0.25) is 0 Å². The molecule has 0 saturated carbocycles. The number of aliphatic hydroxyl groups is 1. The summed E-state index contributed by atoms with van der Waals surface area (Å²) in [5.41, 5.74) is 6.01. The molecular formula is C22H18INO3. The van der Waals surface area contributed by atoms with Gasteiger partial charge in [0.05, 0.1) is 12.3 Å². The van der Waals surface area contributed by atoms with Crippen LogP contribution in [-0.4, -0.2) is 17.8 Å². The van der Waals surface area contributed by atoms with Crippen LogP contribution in [0.2, 0.25) is 0 Å². The van der Waals surface area contributed by atoms with Gasteiger partial charge in [-0.05, 0) is 57.0 Å². The number of rotatable bonds is 4. The van der Waals surface area contributed by atoms with Gasteiger partial charge in [-0.1, -0.05) is 54.6 Å². The quantitative estimate of drug-likeness (QED) is 0.518. The van der Waals surface area contributed by atoms with Crippen molar-refractivity contribution in [3.05, 3.63) is 87.0 Å². The van der Waals surface area contributed by atoms with Gasteiger partial charge in [0, 0.05) is 15.1 Å². The van der Waals surface area contributed by atoms with Crippen molar-refractivity contribution in [1.29, 1.82) is 0 Å². The van der Waals surface area contributed by atoms with Crippen LogP contribution in [-0.2, 0) is 11.3 Å². The first-order valence-corrected chi connectivity index (χ1v) is 9.77. The highest BCUT2D eigenvalue weighted by atomic mass is 127. The van der Waals surface area contributed by atoms with Gasteiger partial charge in [0.15, 0.2) is 0 Å². The molecular weight excluding hydrogens is 453 g/mol. The first-order chi connectivity index (χ1) is 13.2. The number of carbonyl (C=O) groups excluding carboxylic acids is 1. The zero-order valence-corrected chi connectivity index (χ0v) is 16.6. The van der Waals surface area contributed by atoms with Crippen molar-refractivity contribution >= 4 is 34.4 Å². The van der Waals surface area contributed by atoms with Crippen molar-refractivity contribution in [1.82, 2.24) is 0 Å². The van der Waals surface area contributed by atoms with Crippen molar-refractivity contribution in [2.45, 2.75) is 12.5 Å². The first kappa shape index (κ1) is 18.0. The summed E-state index contributed by atoms with van der Waals surface area (Å²) in [4.78, 5) is 12.4. The summed E-state index contributed by atoms with van der Waals surface area (Å²) in [5, 5.41) is 12.3. The van der Waals surface area contributed by atoms with E-state index in [-0.39, 0.29) is 19.1 Å². The fourth-order valence-electron chi connectivity index (χ4n) is 3.58. The number of aliphatic hydroxyl groups excluding tert-OH is 1. The number of hydrogen-bond acceptors (Lipinski definition) is 3. The fourth-order valence-corrected chi connectivity index (χ4v) is 4.25. The van der Waals surface area contributed by atoms with Crippen molar-refractivity contribution < 1.29 is 14.6 Å². The number of ether oxygens (including phenoxy) is 1.